The molecule has 0 fully saturated rings. The Morgan fingerprint density at radius 1 is 1.04 bits per heavy atom. The van der Waals surface area contributed by atoms with Crippen LogP contribution in [0, 0.1) is 13.8 Å². The summed E-state index contributed by atoms with van der Waals surface area (Å²) in [6.45, 7) is 11.2. The van der Waals surface area contributed by atoms with Gasteiger partial charge in [-0.1, -0.05) is 45.0 Å². The lowest BCUT2D eigenvalue weighted by Crippen LogP contribution is -2.31. The van der Waals surface area contributed by atoms with Crippen LogP contribution in [-0.4, -0.2) is 0 Å². The van der Waals surface area contributed by atoms with Gasteiger partial charge in [0.15, 0.2) is 6.20 Å². The number of benzene rings is 2. The van der Waals surface area contributed by atoms with E-state index in [1.54, 1.807) is 0 Å². The number of rotatable bonds is 1. The molecule has 0 saturated heterocycles. The summed E-state index contributed by atoms with van der Waals surface area (Å²) in [7, 11) is 2.10. The van der Waals surface area contributed by atoms with Crippen LogP contribution in [0.15, 0.2) is 48.6 Å². The Labute approximate surface area is 141 Å². The number of aryl methyl sites for hydroxylation is 2. The molecule has 0 saturated carbocycles. The third-order valence-electron chi connectivity index (χ3n) is 4.77. The van der Waals surface area contributed by atoms with Gasteiger partial charge in [0.05, 0.1) is 12.3 Å². The topological polar surface area (TPSA) is 3.88 Å². The second kappa shape index (κ2) is 5.49. The standard InChI is InChI=1S/C22H26N/c1-15-13-18(22(3,4)5)14-20(16(15)2)21-19-10-8-7-9-17(19)11-12-23(21)6/h7-14H,1-6H3/q+1/i7D. The molecule has 1 heterocycles. The van der Waals surface area contributed by atoms with Gasteiger partial charge in [0, 0.05) is 6.07 Å². The normalized spacial score (nSPS) is 12.5. The predicted octanol–water partition coefficient (Wildman–Crippen LogP) is 5.25. The fourth-order valence-corrected chi connectivity index (χ4v) is 3.13. The fraction of sp³-hybridized carbons (Fsp3) is 0.318. The Balaban J connectivity index is 2.39. The van der Waals surface area contributed by atoms with Crippen molar-refractivity contribution in [1.29, 1.82) is 0 Å². The van der Waals surface area contributed by atoms with Crippen LogP contribution in [0.2, 0.25) is 0 Å². The average Bonchev–Trinajstić information content (AvgIpc) is 2.49. The molecule has 118 valence electrons. The molecule has 23 heavy (non-hydrogen) atoms. The van der Waals surface area contributed by atoms with Crippen LogP contribution in [0.5, 0.6) is 0 Å². The smallest absolute Gasteiger partial charge is 0.200 e. The van der Waals surface area contributed by atoms with E-state index in [0.717, 1.165) is 5.39 Å². The number of nitrogens with zero attached hydrogens (tertiary/aromatic N) is 1. The van der Waals surface area contributed by atoms with E-state index < -0.39 is 0 Å². The second-order valence-corrected chi connectivity index (χ2v) is 7.50. The summed E-state index contributed by atoms with van der Waals surface area (Å²) in [4.78, 5) is 0. The highest BCUT2D eigenvalue weighted by Crippen LogP contribution is 2.33. The molecule has 0 aliphatic carbocycles. The number of fused-ring (bicyclic) bond motifs is 1. The third kappa shape index (κ3) is 2.76. The molecule has 0 amide bonds. The fourth-order valence-electron chi connectivity index (χ4n) is 3.13. The molecule has 2 aromatic carbocycles. The van der Waals surface area contributed by atoms with Crippen LogP contribution >= 0.6 is 0 Å². The van der Waals surface area contributed by atoms with E-state index in [1.807, 2.05) is 12.1 Å². The van der Waals surface area contributed by atoms with Crippen LogP contribution in [0.4, 0.5) is 0 Å². The van der Waals surface area contributed by atoms with E-state index in [2.05, 4.69) is 76.7 Å². The zero-order valence-corrected chi connectivity index (χ0v) is 15.0. The van der Waals surface area contributed by atoms with Crippen molar-refractivity contribution < 1.29 is 5.94 Å². The summed E-state index contributed by atoms with van der Waals surface area (Å²) >= 11 is 0. The lowest BCUT2D eigenvalue weighted by atomic mass is 9.83. The SMILES string of the molecule is [2H]c1ccc2c(-c3cc(C(C)(C)C)cc(C)c3C)[n+](C)ccc2c1. The summed E-state index contributed by atoms with van der Waals surface area (Å²) in [6.07, 6.45) is 2.09. The Hall–Kier alpha value is -2.15. The first-order valence-electron chi connectivity index (χ1n) is 8.69. The summed E-state index contributed by atoms with van der Waals surface area (Å²) in [6, 6.07) is 13.2. The van der Waals surface area contributed by atoms with E-state index in [-0.39, 0.29) is 5.41 Å². The monoisotopic (exact) mass is 305 g/mol. The number of hydrogen-bond acceptors (Lipinski definition) is 0. The third-order valence-corrected chi connectivity index (χ3v) is 4.77. The van der Waals surface area contributed by atoms with Crippen LogP contribution in [-0.2, 0) is 12.5 Å². The molecule has 0 aliphatic rings. The van der Waals surface area contributed by atoms with Crippen LogP contribution in [0.3, 0.4) is 0 Å². The van der Waals surface area contributed by atoms with Gasteiger partial charge in [-0.3, -0.25) is 0 Å². The van der Waals surface area contributed by atoms with Crippen LogP contribution in [0.25, 0.3) is 22.0 Å². The molecule has 0 aliphatic heterocycles. The Kier molecular flexibility index (Phi) is 3.45. The molecular formula is C22H26N+. The minimum atomic E-state index is 0.116. The molecule has 0 bridgehead atoms. The van der Waals surface area contributed by atoms with Gasteiger partial charge in [-0.2, -0.15) is 0 Å². The first kappa shape index (κ1) is 14.4. The van der Waals surface area contributed by atoms with Crippen LogP contribution < -0.4 is 4.57 Å². The molecule has 1 aromatic heterocycles. The first-order chi connectivity index (χ1) is 11.2. The Bertz CT molecular complexity index is 933. The summed E-state index contributed by atoms with van der Waals surface area (Å²) in [5.74, 6) is 0. The quantitative estimate of drug-likeness (QED) is 0.541. The van der Waals surface area contributed by atoms with E-state index >= 15 is 0 Å². The van der Waals surface area contributed by atoms with E-state index in [1.165, 1.54) is 33.3 Å². The lowest BCUT2D eigenvalue weighted by Gasteiger charge is -2.22. The van der Waals surface area contributed by atoms with E-state index in [0.29, 0.717) is 6.04 Å². The molecule has 1 nitrogen and oxygen atoms in total. The highest BCUT2D eigenvalue weighted by atomic mass is 14.9. The molecule has 3 rings (SSSR count). The maximum Gasteiger partial charge on any atom is 0.220 e. The minimum Gasteiger partial charge on any atom is -0.200 e. The summed E-state index contributed by atoms with van der Waals surface area (Å²) < 4.78 is 10.1. The van der Waals surface area contributed by atoms with Gasteiger partial charge < -0.3 is 0 Å². The minimum absolute atomic E-state index is 0.116. The summed E-state index contributed by atoms with van der Waals surface area (Å²) in [5, 5.41) is 2.32. The molecule has 3 aromatic rings. The molecule has 0 spiro atoms. The number of hydrogen-bond donors (Lipinski definition) is 0. The first-order valence-corrected chi connectivity index (χ1v) is 8.19. The largest absolute Gasteiger partial charge is 0.220 e. The highest BCUT2D eigenvalue weighted by molar-refractivity contribution is 5.93. The molecule has 0 radical (unpaired) electrons. The maximum absolute atomic E-state index is 7.89. The van der Waals surface area contributed by atoms with Gasteiger partial charge in [-0.05, 0) is 53.5 Å². The van der Waals surface area contributed by atoms with E-state index in [4.69, 9.17) is 1.37 Å². The summed E-state index contributed by atoms with van der Waals surface area (Å²) in [5.41, 5.74) is 6.62. The van der Waals surface area contributed by atoms with Crippen molar-refractivity contribution in [2.24, 2.45) is 7.05 Å². The van der Waals surface area contributed by atoms with Crippen molar-refractivity contribution in [2.45, 2.75) is 40.0 Å². The van der Waals surface area contributed by atoms with Gasteiger partial charge in [-0.15, -0.1) is 0 Å². The molecular weight excluding hydrogens is 278 g/mol. The predicted molar refractivity (Wildman–Crippen MR) is 98.7 cm³/mol. The van der Waals surface area contributed by atoms with Crippen molar-refractivity contribution in [1.82, 2.24) is 0 Å². The number of aromatic nitrogens is 1. The van der Waals surface area contributed by atoms with Crippen molar-refractivity contribution in [3.8, 4) is 11.3 Å². The number of pyridine rings is 1. The van der Waals surface area contributed by atoms with Crippen molar-refractivity contribution in [3.63, 3.8) is 0 Å². The molecule has 0 N–H and O–H groups in total. The zero-order valence-electron chi connectivity index (χ0n) is 16.0. The van der Waals surface area contributed by atoms with Gasteiger partial charge in [0.25, 0.3) is 0 Å². The van der Waals surface area contributed by atoms with Crippen molar-refractivity contribution in [3.05, 3.63) is 65.3 Å². The zero-order chi connectivity index (χ0) is 17.6. The molecule has 0 unspecified atom stereocenters. The second-order valence-electron chi connectivity index (χ2n) is 7.50. The maximum atomic E-state index is 7.89. The van der Waals surface area contributed by atoms with Gasteiger partial charge in [0.2, 0.25) is 5.69 Å². The van der Waals surface area contributed by atoms with Gasteiger partial charge in [0.1, 0.15) is 7.05 Å². The average molecular weight is 305 g/mol. The Morgan fingerprint density at radius 2 is 1.78 bits per heavy atom. The van der Waals surface area contributed by atoms with Gasteiger partial charge in [-0.25, -0.2) is 4.57 Å². The lowest BCUT2D eigenvalue weighted by molar-refractivity contribution is -0.659. The Morgan fingerprint density at radius 3 is 2.48 bits per heavy atom. The van der Waals surface area contributed by atoms with Crippen molar-refractivity contribution >= 4 is 10.8 Å². The molecule has 0 atom stereocenters. The molecule has 1 heteroatoms. The van der Waals surface area contributed by atoms with E-state index in [9.17, 15) is 0 Å². The van der Waals surface area contributed by atoms with Crippen molar-refractivity contribution in [2.75, 3.05) is 0 Å². The van der Waals surface area contributed by atoms with Crippen LogP contribution in [0.1, 0.15) is 38.8 Å². The van der Waals surface area contributed by atoms with Gasteiger partial charge >= 0.3 is 0 Å². The highest BCUT2D eigenvalue weighted by Gasteiger charge is 2.22.